The fourth-order valence-corrected chi connectivity index (χ4v) is 3.55. The Hall–Kier alpha value is -2.11. The molecule has 1 amide bonds. The average molecular weight is 301 g/mol. The lowest BCUT2D eigenvalue weighted by Crippen LogP contribution is -2.37. The first-order valence-corrected chi connectivity index (χ1v) is 7.97. The molecule has 116 valence electrons. The summed E-state index contributed by atoms with van der Waals surface area (Å²) in [5.41, 5.74) is 0.771. The molecule has 6 nitrogen and oxygen atoms in total. The van der Waals surface area contributed by atoms with Crippen LogP contribution in [0.25, 0.3) is 11.5 Å². The van der Waals surface area contributed by atoms with Gasteiger partial charge in [0.15, 0.2) is 5.82 Å². The van der Waals surface area contributed by atoms with Gasteiger partial charge < -0.3 is 13.8 Å². The van der Waals surface area contributed by atoms with Crippen LogP contribution >= 0.6 is 0 Å². The molecule has 2 aromatic heterocycles. The van der Waals surface area contributed by atoms with Gasteiger partial charge in [-0.1, -0.05) is 24.4 Å². The highest BCUT2D eigenvalue weighted by Gasteiger charge is 2.37. The van der Waals surface area contributed by atoms with Gasteiger partial charge in [0, 0.05) is 24.9 Å². The van der Waals surface area contributed by atoms with Crippen molar-refractivity contribution < 1.29 is 13.7 Å². The van der Waals surface area contributed by atoms with Gasteiger partial charge >= 0.3 is 0 Å². The van der Waals surface area contributed by atoms with Gasteiger partial charge in [-0.2, -0.15) is 4.98 Å². The Morgan fingerprint density at radius 2 is 2.09 bits per heavy atom. The third kappa shape index (κ3) is 2.42. The zero-order chi connectivity index (χ0) is 14.9. The first-order valence-electron chi connectivity index (χ1n) is 7.97. The maximum Gasteiger partial charge on any atom is 0.261 e. The summed E-state index contributed by atoms with van der Waals surface area (Å²) in [6, 6.07) is 2.19. The van der Waals surface area contributed by atoms with E-state index in [4.69, 9.17) is 8.94 Å². The van der Waals surface area contributed by atoms with Gasteiger partial charge in [0.05, 0.1) is 11.8 Å². The number of nitrogens with zero attached hydrogens (tertiary/aromatic N) is 3. The van der Waals surface area contributed by atoms with E-state index in [1.165, 1.54) is 19.3 Å². The lowest BCUT2D eigenvalue weighted by Gasteiger charge is -2.31. The summed E-state index contributed by atoms with van der Waals surface area (Å²) < 4.78 is 10.3. The third-order valence-corrected chi connectivity index (χ3v) is 4.75. The fraction of sp³-hybridized carbons (Fsp3) is 0.562. The van der Waals surface area contributed by atoms with Crippen molar-refractivity contribution in [1.29, 1.82) is 0 Å². The second-order valence-electron chi connectivity index (χ2n) is 6.21. The minimum atomic E-state index is 0.0406. The molecule has 3 heterocycles. The lowest BCUT2D eigenvalue weighted by molar-refractivity contribution is -0.130. The van der Waals surface area contributed by atoms with Gasteiger partial charge in [-0.05, 0) is 18.9 Å². The van der Waals surface area contributed by atoms with E-state index in [1.807, 2.05) is 4.90 Å². The van der Waals surface area contributed by atoms with Crippen molar-refractivity contribution in [1.82, 2.24) is 15.0 Å². The highest BCUT2D eigenvalue weighted by molar-refractivity contribution is 5.80. The number of carbonyl (C=O) groups is 1. The molecule has 0 bridgehead atoms. The molecule has 1 atom stereocenters. The van der Waals surface area contributed by atoms with Crippen molar-refractivity contribution in [3.63, 3.8) is 0 Å². The molecule has 0 radical (unpaired) electrons. The van der Waals surface area contributed by atoms with Crippen LogP contribution in [0.3, 0.4) is 0 Å². The number of furan rings is 1. The summed E-state index contributed by atoms with van der Waals surface area (Å²) in [5, 5.41) is 4.06. The van der Waals surface area contributed by atoms with Crippen molar-refractivity contribution in [3.8, 4) is 11.5 Å². The molecule has 1 aliphatic heterocycles. The summed E-state index contributed by atoms with van der Waals surface area (Å²) >= 11 is 0. The number of aromatic nitrogens is 2. The van der Waals surface area contributed by atoms with E-state index in [0.29, 0.717) is 30.7 Å². The molecule has 0 N–H and O–H groups in total. The quantitative estimate of drug-likeness (QED) is 0.871. The van der Waals surface area contributed by atoms with Gasteiger partial charge in [-0.3, -0.25) is 4.79 Å². The van der Waals surface area contributed by atoms with Crippen molar-refractivity contribution in [2.45, 2.75) is 50.5 Å². The molecule has 4 rings (SSSR count). The SMILES string of the molecule is O=C1C[C@H](c2noc(-c3ccoc3)n2)CN1C1CCCCC1. The number of rotatable bonds is 3. The molecule has 2 aliphatic rings. The Morgan fingerprint density at radius 3 is 2.86 bits per heavy atom. The minimum absolute atomic E-state index is 0.0406. The second-order valence-corrected chi connectivity index (χ2v) is 6.21. The molecule has 0 spiro atoms. The predicted octanol–water partition coefficient (Wildman–Crippen LogP) is 2.98. The van der Waals surface area contributed by atoms with Crippen LogP contribution in [-0.2, 0) is 4.79 Å². The minimum Gasteiger partial charge on any atom is -0.472 e. The maximum absolute atomic E-state index is 12.3. The largest absolute Gasteiger partial charge is 0.472 e. The van der Waals surface area contributed by atoms with Crippen LogP contribution in [0.5, 0.6) is 0 Å². The first-order chi connectivity index (χ1) is 10.8. The normalized spacial score (nSPS) is 23.4. The number of hydrogen-bond donors (Lipinski definition) is 0. The van der Waals surface area contributed by atoms with E-state index < -0.39 is 0 Å². The van der Waals surface area contributed by atoms with Crippen LogP contribution in [0.1, 0.15) is 50.3 Å². The van der Waals surface area contributed by atoms with Gasteiger partial charge in [-0.25, -0.2) is 0 Å². The molecule has 0 unspecified atom stereocenters. The van der Waals surface area contributed by atoms with Gasteiger partial charge in [0.25, 0.3) is 5.89 Å². The van der Waals surface area contributed by atoms with E-state index in [2.05, 4.69) is 10.1 Å². The van der Waals surface area contributed by atoms with Crippen LogP contribution < -0.4 is 0 Å². The Morgan fingerprint density at radius 1 is 1.23 bits per heavy atom. The molecule has 1 saturated heterocycles. The van der Waals surface area contributed by atoms with Gasteiger partial charge in [0.1, 0.15) is 6.26 Å². The first kappa shape index (κ1) is 13.5. The van der Waals surface area contributed by atoms with Crippen LogP contribution in [0.15, 0.2) is 27.5 Å². The van der Waals surface area contributed by atoms with E-state index in [1.54, 1.807) is 18.6 Å². The molecular formula is C16H19N3O3. The van der Waals surface area contributed by atoms with Crippen LogP contribution in [0.2, 0.25) is 0 Å². The highest BCUT2D eigenvalue weighted by Crippen LogP contribution is 2.33. The van der Waals surface area contributed by atoms with Crippen molar-refractivity contribution >= 4 is 5.91 Å². The molecule has 1 aliphatic carbocycles. The summed E-state index contributed by atoms with van der Waals surface area (Å²) in [5.74, 6) is 1.35. The van der Waals surface area contributed by atoms with Crippen LogP contribution in [0.4, 0.5) is 0 Å². The summed E-state index contributed by atoms with van der Waals surface area (Å²) in [6.45, 7) is 0.716. The zero-order valence-electron chi connectivity index (χ0n) is 12.4. The molecule has 22 heavy (non-hydrogen) atoms. The Kier molecular flexibility index (Phi) is 3.44. The van der Waals surface area contributed by atoms with Crippen LogP contribution in [0, 0.1) is 0 Å². The van der Waals surface area contributed by atoms with Crippen molar-refractivity contribution in [2.24, 2.45) is 0 Å². The number of carbonyl (C=O) groups excluding carboxylic acids is 1. The smallest absolute Gasteiger partial charge is 0.261 e. The fourth-order valence-electron chi connectivity index (χ4n) is 3.55. The highest BCUT2D eigenvalue weighted by atomic mass is 16.5. The van der Waals surface area contributed by atoms with E-state index in [9.17, 15) is 4.79 Å². The summed E-state index contributed by atoms with van der Waals surface area (Å²) in [7, 11) is 0. The van der Waals surface area contributed by atoms with E-state index in [-0.39, 0.29) is 11.8 Å². The number of likely N-dealkylation sites (tertiary alicyclic amines) is 1. The number of hydrogen-bond acceptors (Lipinski definition) is 5. The molecular weight excluding hydrogens is 282 g/mol. The predicted molar refractivity (Wildman–Crippen MR) is 77.9 cm³/mol. The molecule has 0 aromatic carbocycles. The molecule has 6 heteroatoms. The van der Waals surface area contributed by atoms with E-state index >= 15 is 0 Å². The average Bonchev–Trinajstić information content (AvgIpc) is 3.28. The molecule has 2 fully saturated rings. The standard InChI is InChI=1S/C16H19N3O3/c20-14-8-12(9-19(14)13-4-2-1-3-5-13)15-17-16(22-18-15)11-6-7-21-10-11/h6-7,10,12-13H,1-5,8-9H2/t12-/m0/s1. The van der Waals surface area contributed by atoms with Crippen molar-refractivity contribution in [3.05, 3.63) is 24.4 Å². The lowest BCUT2D eigenvalue weighted by atomic mass is 9.94. The third-order valence-electron chi connectivity index (χ3n) is 4.75. The Labute approximate surface area is 128 Å². The molecule has 1 saturated carbocycles. The second kappa shape index (κ2) is 5.59. The number of amides is 1. The Balaban J connectivity index is 1.48. The monoisotopic (exact) mass is 301 g/mol. The topological polar surface area (TPSA) is 72.4 Å². The van der Waals surface area contributed by atoms with E-state index in [0.717, 1.165) is 18.4 Å². The van der Waals surface area contributed by atoms with Crippen LogP contribution in [-0.4, -0.2) is 33.5 Å². The summed E-state index contributed by atoms with van der Waals surface area (Å²) in [4.78, 5) is 18.8. The van der Waals surface area contributed by atoms with Gasteiger partial charge in [-0.15, -0.1) is 0 Å². The van der Waals surface area contributed by atoms with Crippen molar-refractivity contribution in [2.75, 3.05) is 6.54 Å². The molecule has 2 aromatic rings. The maximum atomic E-state index is 12.3. The van der Waals surface area contributed by atoms with Gasteiger partial charge in [0.2, 0.25) is 5.91 Å². The Bertz CT molecular complexity index is 643. The zero-order valence-corrected chi connectivity index (χ0v) is 12.4. The summed E-state index contributed by atoms with van der Waals surface area (Å²) in [6.07, 6.45) is 9.64.